The average molecular weight is 319 g/mol. The second-order valence-electron chi connectivity index (χ2n) is 5.34. The van der Waals surface area contributed by atoms with Crippen LogP contribution < -0.4 is 0 Å². The van der Waals surface area contributed by atoms with Crippen molar-refractivity contribution in [2.75, 3.05) is 20.2 Å². The molecular formula is C15H17N3O5. The van der Waals surface area contributed by atoms with E-state index >= 15 is 0 Å². The van der Waals surface area contributed by atoms with Crippen LogP contribution in [0.15, 0.2) is 27.3 Å². The lowest BCUT2D eigenvalue weighted by Crippen LogP contribution is -2.30. The summed E-state index contributed by atoms with van der Waals surface area (Å²) in [6.07, 6.45) is 2.78. The first-order valence-corrected chi connectivity index (χ1v) is 7.39. The van der Waals surface area contributed by atoms with Gasteiger partial charge in [0.15, 0.2) is 5.76 Å². The molecule has 1 aliphatic rings. The summed E-state index contributed by atoms with van der Waals surface area (Å²) in [5, 5.41) is 3.81. The van der Waals surface area contributed by atoms with Crippen molar-refractivity contribution in [3.63, 3.8) is 0 Å². The van der Waals surface area contributed by atoms with E-state index in [1.807, 2.05) is 0 Å². The van der Waals surface area contributed by atoms with E-state index in [0.29, 0.717) is 43.4 Å². The Bertz CT molecular complexity index is 679. The maximum Gasteiger partial charge on any atom is 0.310 e. The Kier molecular flexibility index (Phi) is 4.40. The SMILES string of the molecule is COC(=O)[C@H]1CCN(C(=O)CCc2nc(-c3ccco3)no2)C1. The van der Waals surface area contributed by atoms with Gasteiger partial charge in [0, 0.05) is 25.9 Å². The highest BCUT2D eigenvalue weighted by Crippen LogP contribution is 2.19. The zero-order valence-electron chi connectivity index (χ0n) is 12.7. The number of ether oxygens (including phenoxy) is 1. The molecule has 0 aromatic carbocycles. The van der Waals surface area contributed by atoms with Gasteiger partial charge in [-0.05, 0) is 18.6 Å². The number of likely N-dealkylation sites (tertiary alicyclic amines) is 1. The van der Waals surface area contributed by atoms with Crippen LogP contribution >= 0.6 is 0 Å². The third-order valence-corrected chi connectivity index (χ3v) is 3.84. The molecule has 1 fully saturated rings. The minimum absolute atomic E-state index is 0.0332. The van der Waals surface area contributed by atoms with E-state index in [0.717, 1.165) is 0 Å². The molecule has 23 heavy (non-hydrogen) atoms. The van der Waals surface area contributed by atoms with Crippen LogP contribution in [0.5, 0.6) is 0 Å². The van der Waals surface area contributed by atoms with Crippen molar-refractivity contribution < 1.29 is 23.3 Å². The van der Waals surface area contributed by atoms with Gasteiger partial charge in [0.25, 0.3) is 0 Å². The van der Waals surface area contributed by atoms with Gasteiger partial charge in [-0.3, -0.25) is 9.59 Å². The van der Waals surface area contributed by atoms with Gasteiger partial charge in [-0.2, -0.15) is 4.98 Å². The van der Waals surface area contributed by atoms with Gasteiger partial charge in [-0.25, -0.2) is 0 Å². The molecule has 122 valence electrons. The Balaban J connectivity index is 1.51. The van der Waals surface area contributed by atoms with Gasteiger partial charge in [0.2, 0.25) is 17.6 Å². The number of esters is 1. The van der Waals surface area contributed by atoms with E-state index in [2.05, 4.69) is 10.1 Å². The number of nitrogens with zero attached hydrogens (tertiary/aromatic N) is 3. The summed E-state index contributed by atoms with van der Waals surface area (Å²) in [6, 6.07) is 3.47. The number of rotatable bonds is 5. The third-order valence-electron chi connectivity index (χ3n) is 3.84. The van der Waals surface area contributed by atoms with Crippen molar-refractivity contribution in [1.82, 2.24) is 15.0 Å². The molecule has 0 radical (unpaired) electrons. The number of hydrogen-bond acceptors (Lipinski definition) is 7. The summed E-state index contributed by atoms with van der Waals surface area (Å²) in [4.78, 5) is 29.5. The zero-order valence-corrected chi connectivity index (χ0v) is 12.7. The minimum atomic E-state index is -0.264. The standard InChI is InChI=1S/C15H17N3O5/c1-21-15(20)10-6-7-18(9-10)13(19)5-4-12-16-14(17-23-12)11-3-2-8-22-11/h2-3,8,10H,4-7,9H2,1H3/t10-/m0/s1. The van der Waals surface area contributed by atoms with Gasteiger partial charge in [0.05, 0.1) is 19.3 Å². The molecule has 1 saturated heterocycles. The van der Waals surface area contributed by atoms with Crippen LogP contribution in [0.3, 0.4) is 0 Å². The van der Waals surface area contributed by atoms with Crippen molar-refractivity contribution >= 4 is 11.9 Å². The van der Waals surface area contributed by atoms with Gasteiger partial charge in [-0.15, -0.1) is 0 Å². The minimum Gasteiger partial charge on any atom is -0.469 e. The molecule has 0 saturated carbocycles. The summed E-state index contributed by atoms with van der Waals surface area (Å²) < 4.78 is 15.0. The number of hydrogen-bond donors (Lipinski definition) is 0. The van der Waals surface area contributed by atoms with Crippen LogP contribution in [0.2, 0.25) is 0 Å². The van der Waals surface area contributed by atoms with Crippen molar-refractivity contribution in [3.8, 4) is 11.6 Å². The second kappa shape index (κ2) is 6.64. The zero-order chi connectivity index (χ0) is 16.2. The molecule has 1 atom stereocenters. The number of methoxy groups -OCH3 is 1. The van der Waals surface area contributed by atoms with Crippen LogP contribution in [0.4, 0.5) is 0 Å². The van der Waals surface area contributed by atoms with Crippen molar-refractivity contribution in [3.05, 3.63) is 24.3 Å². The Labute approximate surface area is 132 Å². The van der Waals surface area contributed by atoms with Crippen LogP contribution in [0.1, 0.15) is 18.7 Å². The van der Waals surface area contributed by atoms with Crippen molar-refractivity contribution in [2.24, 2.45) is 5.92 Å². The first-order chi connectivity index (χ1) is 11.2. The predicted molar refractivity (Wildman–Crippen MR) is 77.0 cm³/mol. The van der Waals surface area contributed by atoms with Crippen LogP contribution in [0.25, 0.3) is 11.6 Å². The van der Waals surface area contributed by atoms with E-state index in [-0.39, 0.29) is 24.2 Å². The molecule has 0 bridgehead atoms. The Morgan fingerprint density at radius 2 is 2.35 bits per heavy atom. The maximum absolute atomic E-state index is 12.2. The molecule has 1 amide bonds. The second-order valence-corrected chi connectivity index (χ2v) is 5.34. The van der Waals surface area contributed by atoms with Gasteiger partial charge < -0.3 is 18.6 Å². The lowest BCUT2D eigenvalue weighted by molar-refractivity contribution is -0.145. The maximum atomic E-state index is 12.2. The summed E-state index contributed by atoms with van der Waals surface area (Å²) in [5.74, 6) is 0.747. The molecule has 3 rings (SSSR count). The van der Waals surface area contributed by atoms with Crippen LogP contribution in [0, 0.1) is 5.92 Å². The Morgan fingerprint density at radius 1 is 1.48 bits per heavy atom. The summed E-state index contributed by atoms with van der Waals surface area (Å²) in [6.45, 7) is 0.979. The van der Waals surface area contributed by atoms with E-state index in [1.54, 1.807) is 17.0 Å². The molecule has 2 aromatic rings. The van der Waals surface area contributed by atoms with E-state index in [1.165, 1.54) is 13.4 Å². The summed E-state index contributed by atoms with van der Waals surface area (Å²) in [7, 11) is 1.36. The average Bonchev–Trinajstić information content (AvgIpc) is 3.32. The lowest BCUT2D eigenvalue weighted by atomic mass is 10.1. The molecule has 1 aliphatic heterocycles. The molecule has 0 unspecified atom stereocenters. The topological polar surface area (TPSA) is 98.7 Å². The Morgan fingerprint density at radius 3 is 3.09 bits per heavy atom. The predicted octanol–water partition coefficient (Wildman–Crippen LogP) is 1.28. The largest absolute Gasteiger partial charge is 0.469 e. The third kappa shape index (κ3) is 3.41. The van der Waals surface area contributed by atoms with E-state index < -0.39 is 0 Å². The highest BCUT2D eigenvalue weighted by atomic mass is 16.5. The van der Waals surface area contributed by atoms with E-state index in [4.69, 9.17) is 13.7 Å². The van der Waals surface area contributed by atoms with Crippen LogP contribution in [-0.4, -0.2) is 47.1 Å². The van der Waals surface area contributed by atoms with E-state index in [9.17, 15) is 9.59 Å². The fourth-order valence-corrected chi connectivity index (χ4v) is 2.58. The lowest BCUT2D eigenvalue weighted by Gasteiger charge is -2.15. The number of aryl methyl sites for hydroxylation is 1. The molecule has 8 heteroatoms. The smallest absolute Gasteiger partial charge is 0.310 e. The molecule has 0 spiro atoms. The quantitative estimate of drug-likeness (QED) is 0.765. The number of carbonyl (C=O) groups excluding carboxylic acids is 2. The van der Waals surface area contributed by atoms with Crippen LogP contribution in [-0.2, 0) is 20.7 Å². The van der Waals surface area contributed by atoms with Gasteiger partial charge >= 0.3 is 5.97 Å². The fraction of sp³-hybridized carbons (Fsp3) is 0.467. The Hall–Kier alpha value is -2.64. The molecule has 3 heterocycles. The fourth-order valence-electron chi connectivity index (χ4n) is 2.58. The molecule has 8 nitrogen and oxygen atoms in total. The normalized spacial score (nSPS) is 17.4. The van der Waals surface area contributed by atoms with Gasteiger partial charge in [0.1, 0.15) is 0 Å². The summed E-state index contributed by atoms with van der Waals surface area (Å²) >= 11 is 0. The molecule has 0 aliphatic carbocycles. The monoisotopic (exact) mass is 319 g/mol. The van der Waals surface area contributed by atoms with Crippen molar-refractivity contribution in [2.45, 2.75) is 19.3 Å². The van der Waals surface area contributed by atoms with Crippen molar-refractivity contribution in [1.29, 1.82) is 0 Å². The number of aromatic nitrogens is 2. The molecule has 0 N–H and O–H groups in total. The number of furan rings is 1. The van der Waals surface area contributed by atoms with Gasteiger partial charge in [-0.1, -0.05) is 5.16 Å². The molecular weight excluding hydrogens is 302 g/mol. The number of carbonyl (C=O) groups is 2. The first-order valence-electron chi connectivity index (χ1n) is 7.39. The first kappa shape index (κ1) is 15.3. The molecule has 2 aromatic heterocycles. The summed E-state index contributed by atoms with van der Waals surface area (Å²) in [5.41, 5.74) is 0. The highest BCUT2D eigenvalue weighted by molar-refractivity contribution is 5.79. The highest BCUT2D eigenvalue weighted by Gasteiger charge is 2.31. The number of amides is 1.